The van der Waals surface area contributed by atoms with Gasteiger partial charge in [0, 0.05) is 53.8 Å². The van der Waals surface area contributed by atoms with Crippen LogP contribution in [-0.4, -0.2) is 117 Å². The van der Waals surface area contributed by atoms with E-state index in [9.17, 15) is 24.3 Å². The van der Waals surface area contributed by atoms with Crippen molar-refractivity contribution < 1.29 is 33.8 Å². The lowest BCUT2D eigenvalue weighted by molar-refractivity contribution is -0.139. The number of fused-ring (bicyclic) bond motifs is 3. The Morgan fingerprint density at radius 2 is 1.65 bits per heavy atom. The molecule has 19 heteroatoms. The van der Waals surface area contributed by atoms with Gasteiger partial charge in [-0.05, 0) is 81.7 Å². The van der Waals surface area contributed by atoms with Crippen LogP contribution >= 0.6 is 34.3 Å². The molecule has 1 saturated heterocycles. The molecule has 2 aromatic carbocycles. The second-order valence-corrected chi connectivity index (χ2v) is 21.4. The summed E-state index contributed by atoms with van der Waals surface area (Å²) in [5.74, 6) is -0.752. The first-order valence-corrected chi connectivity index (χ1v) is 25.3. The van der Waals surface area contributed by atoms with Crippen molar-refractivity contribution in [1.82, 2.24) is 40.6 Å². The molecule has 368 valence electrons. The highest BCUT2D eigenvalue weighted by Gasteiger charge is 2.41. The van der Waals surface area contributed by atoms with Crippen LogP contribution in [0.2, 0.25) is 5.02 Å². The molecule has 69 heavy (non-hydrogen) atoms. The van der Waals surface area contributed by atoms with E-state index in [-0.39, 0.29) is 69.1 Å². The van der Waals surface area contributed by atoms with Gasteiger partial charge in [0.1, 0.15) is 29.5 Å². The third-order valence-electron chi connectivity index (χ3n) is 12.3. The summed E-state index contributed by atoms with van der Waals surface area (Å²) in [6.45, 7) is 16.7. The number of rotatable bonds is 19. The van der Waals surface area contributed by atoms with Gasteiger partial charge in [0.25, 0.3) is 0 Å². The van der Waals surface area contributed by atoms with Crippen molar-refractivity contribution in [3.8, 4) is 15.4 Å². The highest BCUT2D eigenvalue weighted by atomic mass is 35.5. The predicted molar refractivity (Wildman–Crippen MR) is 268 cm³/mol. The fraction of sp³-hybridized carbons (Fsp3) is 0.480. The normalized spacial score (nSPS) is 17.6. The number of halogens is 1. The lowest BCUT2D eigenvalue weighted by atomic mass is 9.80. The summed E-state index contributed by atoms with van der Waals surface area (Å²) >= 11 is 9.55. The molecule has 5 aromatic rings. The number of thiazole rings is 1. The molecule has 7 rings (SSSR count). The molecule has 5 heterocycles. The molecule has 0 spiro atoms. The first-order valence-electron chi connectivity index (χ1n) is 23.2. The standard InChI is InChI=1S/C50H62ClN9O7S2/c1-28-31(4)69-49-42(28)43(34-14-16-36(51)17-15-34)56-44(46-58-57-32(5)60(46)49)38(23-50(6,7)8)47(64)52-18-21-66-19-9-20-67-26-40(62)53-24-41(63)59-25-37(61)22-39(59)48(65)55-29(2)33-10-12-35(13-11-33)45-30(3)54-27-68-45/h10-17,27,29,37-39,44,61H,9,18-26H2,1-8H3,(H,52,64)(H,53,62)(H,55,65)/t29-,37+,38+,39-,44-/m0/s1. The van der Waals surface area contributed by atoms with E-state index in [0.717, 1.165) is 59.8 Å². The molecule has 0 aliphatic carbocycles. The van der Waals surface area contributed by atoms with E-state index in [0.29, 0.717) is 30.3 Å². The number of benzene rings is 2. The fourth-order valence-corrected chi connectivity index (χ4v) is 10.9. The number of aliphatic hydroxyl groups excluding tert-OH is 1. The number of nitrogens with zero attached hydrogens (tertiary/aromatic N) is 6. The lowest BCUT2D eigenvalue weighted by Crippen LogP contribution is -2.49. The molecule has 5 atom stereocenters. The number of carbonyl (C=O) groups is 4. The number of aliphatic imine (C=N–C) groups is 1. The van der Waals surface area contributed by atoms with Gasteiger partial charge in [-0.25, -0.2) is 4.98 Å². The average Bonchev–Trinajstić information content (AvgIpc) is 4.08. The Morgan fingerprint density at radius 1 is 0.942 bits per heavy atom. The summed E-state index contributed by atoms with van der Waals surface area (Å²) in [5, 5.41) is 29.8. The number of likely N-dealkylation sites (tertiary alicyclic amines) is 1. The van der Waals surface area contributed by atoms with Crippen molar-refractivity contribution in [3.63, 3.8) is 0 Å². The first kappa shape index (κ1) is 51.5. The maximum Gasteiger partial charge on any atom is 0.246 e. The number of aromatic nitrogens is 4. The number of hydrogen-bond acceptors (Lipinski definition) is 13. The van der Waals surface area contributed by atoms with Gasteiger partial charge in [-0.2, -0.15) is 0 Å². The molecule has 2 aliphatic heterocycles. The topological polar surface area (TPSA) is 202 Å². The van der Waals surface area contributed by atoms with Crippen LogP contribution in [0.15, 0.2) is 59.0 Å². The van der Waals surface area contributed by atoms with Crippen molar-refractivity contribution in [3.05, 3.63) is 104 Å². The minimum absolute atomic E-state index is 0.0114. The van der Waals surface area contributed by atoms with E-state index < -0.39 is 35.9 Å². The van der Waals surface area contributed by atoms with Crippen LogP contribution in [-0.2, 0) is 28.7 Å². The molecular formula is C50H62ClN9O7S2. The molecular weight excluding hydrogens is 938 g/mol. The molecule has 4 amide bonds. The Balaban J connectivity index is 0.846. The second-order valence-electron chi connectivity index (χ2n) is 18.9. The zero-order chi connectivity index (χ0) is 49.6. The zero-order valence-corrected chi connectivity index (χ0v) is 42.8. The van der Waals surface area contributed by atoms with Gasteiger partial charge in [-0.3, -0.25) is 28.7 Å². The summed E-state index contributed by atoms with van der Waals surface area (Å²) in [7, 11) is 0. The number of ether oxygens (including phenoxy) is 2. The van der Waals surface area contributed by atoms with Crippen LogP contribution in [0, 0.1) is 39.0 Å². The second kappa shape index (κ2) is 22.6. The Morgan fingerprint density at radius 3 is 2.35 bits per heavy atom. The van der Waals surface area contributed by atoms with Gasteiger partial charge in [-0.15, -0.1) is 32.9 Å². The molecule has 0 saturated carbocycles. The first-order chi connectivity index (χ1) is 32.9. The molecule has 0 radical (unpaired) electrons. The number of thiophene rings is 1. The molecule has 2 aliphatic rings. The number of aryl methyl sites for hydroxylation is 3. The fourth-order valence-electron chi connectivity index (χ4n) is 8.70. The average molecular weight is 1000 g/mol. The maximum absolute atomic E-state index is 14.2. The molecule has 3 aromatic heterocycles. The van der Waals surface area contributed by atoms with Gasteiger partial charge >= 0.3 is 0 Å². The monoisotopic (exact) mass is 999 g/mol. The number of carbonyl (C=O) groups excluding carboxylic acids is 4. The van der Waals surface area contributed by atoms with E-state index in [2.05, 4.69) is 70.3 Å². The summed E-state index contributed by atoms with van der Waals surface area (Å²) in [6.07, 6.45) is 0.257. The number of aliphatic hydroxyl groups is 1. The highest BCUT2D eigenvalue weighted by Crippen LogP contribution is 2.43. The smallest absolute Gasteiger partial charge is 0.246 e. The van der Waals surface area contributed by atoms with Crippen LogP contribution < -0.4 is 16.0 Å². The predicted octanol–water partition coefficient (Wildman–Crippen LogP) is 6.78. The molecule has 4 N–H and O–H groups in total. The summed E-state index contributed by atoms with van der Waals surface area (Å²) in [6, 6.07) is 13.7. The number of β-amino-alcohol motifs (C(OH)–C–C–N with tert-alkyl or cyclic N) is 1. The van der Waals surface area contributed by atoms with Crippen LogP contribution in [0.1, 0.15) is 104 Å². The Labute approximate surface area is 416 Å². The Bertz CT molecular complexity index is 2660. The minimum atomic E-state index is -0.874. The molecule has 0 unspecified atom stereocenters. The largest absolute Gasteiger partial charge is 0.391 e. The van der Waals surface area contributed by atoms with Crippen molar-refractivity contribution in [1.29, 1.82) is 0 Å². The van der Waals surface area contributed by atoms with Crippen LogP contribution in [0.5, 0.6) is 0 Å². The van der Waals surface area contributed by atoms with Gasteiger partial charge < -0.3 is 35.4 Å². The van der Waals surface area contributed by atoms with E-state index in [1.807, 2.05) is 74.8 Å². The molecule has 16 nitrogen and oxygen atoms in total. The van der Waals surface area contributed by atoms with Gasteiger partial charge in [0.2, 0.25) is 23.6 Å². The van der Waals surface area contributed by atoms with Crippen molar-refractivity contribution in [2.75, 3.05) is 46.1 Å². The third-order valence-corrected chi connectivity index (χ3v) is 14.8. The molecule has 0 bridgehead atoms. The zero-order valence-electron chi connectivity index (χ0n) is 40.4. The van der Waals surface area contributed by atoms with Gasteiger partial charge in [0.05, 0.1) is 53.0 Å². The van der Waals surface area contributed by atoms with Gasteiger partial charge in [0.15, 0.2) is 5.82 Å². The lowest BCUT2D eigenvalue weighted by Gasteiger charge is -2.29. The van der Waals surface area contributed by atoms with Crippen molar-refractivity contribution in [2.45, 2.75) is 98.9 Å². The van der Waals surface area contributed by atoms with Crippen molar-refractivity contribution in [2.24, 2.45) is 16.3 Å². The number of hydrogen-bond donors (Lipinski definition) is 4. The Kier molecular flexibility index (Phi) is 16.9. The van der Waals surface area contributed by atoms with Crippen LogP contribution in [0.3, 0.4) is 0 Å². The number of nitrogens with one attached hydrogen (secondary N) is 3. The van der Waals surface area contributed by atoms with Crippen LogP contribution in [0.25, 0.3) is 15.4 Å². The van der Waals surface area contributed by atoms with E-state index in [1.165, 1.54) is 4.90 Å². The third kappa shape index (κ3) is 12.5. The maximum atomic E-state index is 14.2. The van der Waals surface area contributed by atoms with E-state index in [1.54, 1.807) is 22.7 Å². The quantitative estimate of drug-likeness (QED) is 0.0639. The minimum Gasteiger partial charge on any atom is -0.391 e. The summed E-state index contributed by atoms with van der Waals surface area (Å²) in [4.78, 5) is 66.6. The van der Waals surface area contributed by atoms with E-state index >= 15 is 0 Å². The Hall–Kier alpha value is -5.37. The van der Waals surface area contributed by atoms with Crippen molar-refractivity contribution >= 4 is 63.6 Å². The number of amides is 4. The van der Waals surface area contributed by atoms with Crippen LogP contribution in [0.4, 0.5) is 0 Å². The van der Waals surface area contributed by atoms with E-state index in [4.69, 9.17) is 26.1 Å². The molecule has 1 fully saturated rings. The summed E-state index contributed by atoms with van der Waals surface area (Å²) in [5.41, 5.74) is 8.28. The van der Waals surface area contributed by atoms with Gasteiger partial charge in [-0.1, -0.05) is 68.8 Å². The highest BCUT2D eigenvalue weighted by molar-refractivity contribution is 7.15. The SMILES string of the molecule is Cc1ncsc1-c1ccc([C@H](C)NC(=O)[C@@H]2C[C@@H](O)CN2C(=O)CNC(=O)COCCCOCCNC(=O)[C@H](CC(C)(C)C)[C@@H]2N=C(c3ccc(Cl)cc3)c3c(sc(C)c3C)-n3c(C)nnc32)cc1. The summed E-state index contributed by atoms with van der Waals surface area (Å²) < 4.78 is 13.4.